The van der Waals surface area contributed by atoms with Gasteiger partial charge in [-0.3, -0.25) is 0 Å². The van der Waals surface area contributed by atoms with Gasteiger partial charge in [0.1, 0.15) is 23.7 Å². The normalized spacial score (nSPS) is 13.0. The van der Waals surface area contributed by atoms with E-state index >= 15 is 0 Å². The van der Waals surface area contributed by atoms with Crippen molar-refractivity contribution in [2.45, 2.75) is 18.8 Å². The Morgan fingerprint density at radius 1 is 1.25 bits per heavy atom. The average molecular weight is 213 g/mol. The molecule has 0 aromatic heterocycles. The Balaban J connectivity index is 3.71. The molecule has 0 aliphatic heterocycles. The van der Waals surface area contributed by atoms with Crippen LogP contribution in [0.3, 0.4) is 0 Å². The lowest BCUT2D eigenvalue weighted by Crippen LogP contribution is -2.32. The Hall–Kier alpha value is 0.580. The molecule has 0 heterocycles. The first-order valence-electron chi connectivity index (χ1n) is 3.67. The highest BCUT2D eigenvalue weighted by Crippen LogP contribution is 2.15. The molecule has 12 heavy (non-hydrogen) atoms. The van der Waals surface area contributed by atoms with E-state index in [0.717, 1.165) is 12.0 Å². The molecule has 0 aromatic rings. The first kappa shape index (κ1) is 12.6. The lowest BCUT2D eigenvalue weighted by Gasteiger charge is -2.12. The Kier molecular flexibility index (Phi) is 5.60. The van der Waals surface area contributed by atoms with Crippen LogP contribution in [0.15, 0.2) is 0 Å². The van der Waals surface area contributed by atoms with Crippen molar-refractivity contribution in [3.8, 4) is 0 Å². The molecule has 0 aliphatic carbocycles. The van der Waals surface area contributed by atoms with Gasteiger partial charge in [0.2, 0.25) is 0 Å². The van der Waals surface area contributed by atoms with Gasteiger partial charge in [0.15, 0.2) is 12.0 Å². The van der Waals surface area contributed by atoms with E-state index in [9.17, 15) is 0 Å². The molecule has 0 atom stereocenters. The predicted molar refractivity (Wildman–Crippen MR) is 57.9 cm³/mol. The van der Waals surface area contributed by atoms with Crippen molar-refractivity contribution >= 4 is 23.2 Å². The van der Waals surface area contributed by atoms with E-state index in [1.54, 1.807) is 5.06 Å². The van der Waals surface area contributed by atoms with Gasteiger partial charge >= 0.3 is 4.93 Å². The Labute approximate surface area is 82.5 Å². The molecule has 0 aliphatic rings. The summed E-state index contributed by atoms with van der Waals surface area (Å²) in [5, 5.41) is 1.68. The third-order valence-corrected chi connectivity index (χ3v) is 2.61. The zero-order valence-electron chi connectivity index (χ0n) is 8.62. The molecule has 0 aromatic carbocycles. The van der Waals surface area contributed by atoms with Crippen LogP contribution >= 0.6 is 0 Å². The SMILES string of the molecule is CN(C)O[SH+]C(C)(C)O[S+](C)C. The highest BCUT2D eigenvalue weighted by atomic mass is 32.2. The van der Waals surface area contributed by atoms with Crippen LogP contribution in [0, 0.1) is 0 Å². The predicted octanol–water partition coefficient (Wildman–Crippen LogP) is 0.755. The first-order chi connectivity index (χ1) is 5.33. The van der Waals surface area contributed by atoms with E-state index in [0.29, 0.717) is 0 Å². The van der Waals surface area contributed by atoms with Crippen molar-refractivity contribution in [2.24, 2.45) is 0 Å². The molecule has 0 saturated heterocycles. The summed E-state index contributed by atoms with van der Waals surface area (Å²) in [6.45, 7) is 4.04. The van der Waals surface area contributed by atoms with Gasteiger partial charge in [-0.15, -0.1) is 9.25 Å². The maximum atomic E-state index is 5.65. The lowest BCUT2D eigenvalue weighted by atomic mass is 10.5. The Bertz CT molecular complexity index is 129. The number of rotatable bonds is 5. The number of thiol groups is 1. The molecular formula is C7H19NO2S2+2. The van der Waals surface area contributed by atoms with Crippen LogP contribution in [0.25, 0.3) is 0 Å². The van der Waals surface area contributed by atoms with E-state index < -0.39 is 0 Å². The summed E-state index contributed by atoms with van der Waals surface area (Å²) in [7, 11) is 3.72. The zero-order chi connectivity index (χ0) is 9.78. The summed E-state index contributed by atoms with van der Waals surface area (Å²) in [6, 6.07) is 0. The van der Waals surface area contributed by atoms with Crippen LogP contribution in [0.1, 0.15) is 13.8 Å². The molecule has 0 fully saturated rings. The van der Waals surface area contributed by atoms with Crippen LogP contribution in [-0.2, 0) is 31.7 Å². The van der Waals surface area contributed by atoms with Crippen LogP contribution < -0.4 is 0 Å². The maximum absolute atomic E-state index is 5.65. The van der Waals surface area contributed by atoms with Crippen molar-refractivity contribution in [2.75, 3.05) is 26.6 Å². The minimum Gasteiger partial charge on any atom is -0.144 e. The van der Waals surface area contributed by atoms with Gasteiger partial charge in [0.25, 0.3) is 0 Å². The summed E-state index contributed by atoms with van der Waals surface area (Å²) in [4.78, 5) is -0.225. The van der Waals surface area contributed by atoms with Gasteiger partial charge in [-0.05, 0) is 0 Å². The second kappa shape index (κ2) is 5.34. The number of nitrogens with zero attached hydrogens (tertiary/aromatic N) is 1. The van der Waals surface area contributed by atoms with Crippen LogP contribution in [0.4, 0.5) is 0 Å². The fourth-order valence-electron chi connectivity index (χ4n) is 0.603. The molecule has 5 heteroatoms. The minimum absolute atomic E-state index is 0.00519. The molecule has 74 valence electrons. The summed E-state index contributed by atoms with van der Waals surface area (Å²) >= 11 is 0.829. The molecule has 0 saturated carbocycles. The zero-order valence-corrected chi connectivity index (χ0v) is 10.3. The van der Waals surface area contributed by atoms with Gasteiger partial charge in [-0.2, -0.15) is 0 Å². The largest absolute Gasteiger partial charge is 0.302 e. The monoisotopic (exact) mass is 213 g/mol. The highest BCUT2D eigenvalue weighted by molar-refractivity contribution is 7.91. The van der Waals surface area contributed by atoms with Gasteiger partial charge in [0, 0.05) is 27.9 Å². The minimum atomic E-state index is -0.225. The van der Waals surface area contributed by atoms with Gasteiger partial charge in [0.05, 0.1) is 0 Å². The molecule has 0 N–H and O–H groups in total. The maximum Gasteiger partial charge on any atom is 0.302 e. The number of hydroxylamine groups is 2. The van der Waals surface area contributed by atoms with Gasteiger partial charge in [-0.1, -0.05) is 4.28 Å². The standard InChI is InChI=1S/C7H18NO2S2/c1-7(2,9-12(5)6)11-10-8(3)4/h1-6H3/q+1/p+1. The van der Waals surface area contributed by atoms with E-state index in [1.807, 2.05) is 40.5 Å². The van der Waals surface area contributed by atoms with Crippen LogP contribution in [0.2, 0.25) is 0 Å². The molecular weight excluding hydrogens is 194 g/mol. The first-order valence-corrected chi connectivity index (χ1v) is 6.45. The van der Waals surface area contributed by atoms with Crippen LogP contribution in [-0.4, -0.2) is 36.6 Å². The third-order valence-electron chi connectivity index (χ3n) is 0.795. The van der Waals surface area contributed by atoms with Crippen molar-refractivity contribution in [3.05, 3.63) is 0 Å². The van der Waals surface area contributed by atoms with Gasteiger partial charge < -0.3 is 0 Å². The molecule has 0 amide bonds. The van der Waals surface area contributed by atoms with Crippen molar-refractivity contribution < 1.29 is 8.47 Å². The summed E-state index contributed by atoms with van der Waals surface area (Å²) in [5.74, 6) is 0. The topological polar surface area (TPSA) is 21.7 Å². The number of hydrogen-bond donors (Lipinski definition) is 0. The molecule has 0 bridgehead atoms. The fraction of sp³-hybridized carbons (Fsp3) is 1.00. The quantitative estimate of drug-likeness (QED) is 0.382. The van der Waals surface area contributed by atoms with Crippen molar-refractivity contribution in [1.29, 1.82) is 0 Å². The molecule has 0 rings (SSSR count). The van der Waals surface area contributed by atoms with E-state index in [-0.39, 0.29) is 16.1 Å². The van der Waals surface area contributed by atoms with Gasteiger partial charge in [-0.25, -0.2) is 0 Å². The second-order valence-electron chi connectivity index (χ2n) is 3.26. The number of hydrogen-bond acceptors (Lipinski definition) is 3. The van der Waals surface area contributed by atoms with Crippen LogP contribution in [0.5, 0.6) is 0 Å². The molecule has 0 radical (unpaired) electrons. The van der Waals surface area contributed by atoms with E-state index in [4.69, 9.17) is 8.47 Å². The van der Waals surface area contributed by atoms with E-state index in [2.05, 4.69) is 0 Å². The average Bonchev–Trinajstić information content (AvgIpc) is 1.81. The second-order valence-corrected chi connectivity index (χ2v) is 6.33. The highest BCUT2D eigenvalue weighted by Gasteiger charge is 2.36. The van der Waals surface area contributed by atoms with Crippen molar-refractivity contribution in [1.82, 2.24) is 5.06 Å². The van der Waals surface area contributed by atoms with Crippen molar-refractivity contribution in [3.63, 3.8) is 0 Å². The Morgan fingerprint density at radius 2 is 1.75 bits per heavy atom. The van der Waals surface area contributed by atoms with E-state index in [1.165, 1.54) is 0 Å². The fourth-order valence-corrected chi connectivity index (χ4v) is 2.35. The summed E-state index contributed by atoms with van der Waals surface area (Å²) < 4.78 is 10.9. The summed E-state index contributed by atoms with van der Waals surface area (Å²) in [6.07, 6.45) is 4.10. The smallest absolute Gasteiger partial charge is 0.144 e. The Morgan fingerprint density at radius 3 is 2.08 bits per heavy atom. The summed E-state index contributed by atoms with van der Waals surface area (Å²) in [5.41, 5.74) is 0. The molecule has 0 spiro atoms. The molecule has 3 nitrogen and oxygen atoms in total. The molecule has 0 unspecified atom stereocenters. The third kappa shape index (κ3) is 7.24. The lowest BCUT2D eigenvalue weighted by molar-refractivity contribution is 0.0123.